The third-order valence-electron chi connectivity index (χ3n) is 4.58. The summed E-state index contributed by atoms with van der Waals surface area (Å²) < 4.78 is 0. The molecule has 2 aromatic carbocycles. The van der Waals surface area contributed by atoms with Gasteiger partial charge in [-0.2, -0.15) is 5.26 Å². The van der Waals surface area contributed by atoms with Gasteiger partial charge in [-0.05, 0) is 30.5 Å². The Morgan fingerprint density at radius 1 is 1.16 bits per heavy atom. The first kappa shape index (κ1) is 16.9. The fourth-order valence-corrected chi connectivity index (χ4v) is 3.22. The van der Waals surface area contributed by atoms with Crippen LogP contribution in [0.2, 0.25) is 0 Å². The van der Waals surface area contributed by atoms with Crippen molar-refractivity contribution < 1.29 is 4.92 Å². The number of nitro benzene ring substituents is 1. The number of para-hydroxylation sites is 2. The van der Waals surface area contributed by atoms with Gasteiger partial charge in [0.15, 0.2) is 0 Å². The smallest absolute Gasteiger partial charge is 0.292 e. The van der Waals surface area contributed by atoms with Gasteiger partial charge in [-0.15, -0.1) is 0 Å². The monoisotopic (exact) mass is 336 g/mol. The molecule has 1 N–H and O–H groups in total. The minimum absolute atomic E-state index is 0.118. The van der Waals surface area contributed by atoms with E-state index in [0.717, 1.165) is 43.6 Å². The van der Waals surface area contributed by atoms with Gasteiger partial charge >= 0.3 is 0 Å². The van der Waals surface area contributed by atoms with E-state index in [-0.39, 0.29) is 16.7 Å². The molecule has 128 valence electrons. The first-order chi connectivity index (χ1) is 12.2. The summed E-state index contributed by atoms with van der Waals surface area (Å²) in [5, 5.41) is 23.6. The second kappa shape index (κ2) is 7.77. The zero-order valence-corrected chi connectivity index (χ0v) is 13.9. The maximum absolute atomic E-state index is 11.1. The van der Waals surface area contributed by atoms with Gasteiger partial charge < -0.3 is 5.32 Å². The Balaban J connectivity index is 1.58. The summed E-state index contributed by atoms with van der Waals surface area (Å²) in [6.45, 7) is 2.57. The van der Waals surface area contributed by atoms with Crippen molar-refractivity contribution in [3.8, 4) is 6.07 Å². The Kier molecular flexibility index (Phi) is 5.26. The summed E-state index contributed by atoms with van der Waals surface area (Å²) >= 11 is 0. The van der Waals surface area contributed by atoms with Crippen molar-refractivity contribution >= 4 is 11.4 Å². The van der Waals surface area contributed by atoms with E-state index in [2.05, 4.69) is 16.3 Å². The molecule has 1 aliphatic heterocycles. The molecule has 2 aromatic rings. The average molecular weight is 336 g/mol. The first-order valence-corrected chi connectivity index (χ1v) is 8.37. The number of hydrogen-bond donors (Lipinski definition) is 1. The molecule has 6 heteroatoms. The van der Waals surface area contributed by atoms with Crippen LogP contribution in [-0.2, 0) is 6.54 Å². The number of benzene rings is 2. The van der Waals surface area contributed by atoms with Crippen LogP contribution < -0.4 is 5.32 Å². The maximum Gasteiger partial charge on any atom is 0.292 e. The largest absolute Gasteiger partial charge is 0.377 e. The Morgan fingerprint density at radius 2 is 1.84 bits per heavy atom. The van der Waals surface area contributed by atoms with Gasteiger partial charge in [-0.25, -0.2) is 0 Å². The molecular weight excluding hydrogens is 316 g/mol. The highest BCUT2D eigenvalue weighted by atomic mass is 16.6. The van der Waals surface area contributed by atoms with E-state index in [1.807, 2.05) is 30.3 Å². The first-order valence-electron chi connectivity index (χ1n) is 8.37. The number of rotatable bonds is 5. The predicted octanol–water partition coefficient (Wildman–Crippen LogP) is 3.54. The standard InChI is InChI=1S/C19H20N4O2/c20-13-15-5-1-2-6-16(15)14-22-11-9-17(10-12-22)21-18-7-3-4-8-19(18)23(24)25/h1-8,17,21H,9-12,14H2. The second-order valence-electron chi connectivity index (χ2n) is 6.24. The Morgan fingerprint density at radius 3 is 2.56 bits per heavy atom. The van der Waals surface area contributed by atoms with Crippen LogP contribution in [-0.4, -0.2) is 29.0 Å². The van der Waals surface area contributed by atoms with Crippen molar-refractivity contribution in [2.75, 3.05) is 18.4 Å². The van der Waals surface area contributed by atoms with Crippen LogP contribution in [0.25, 0.3) is 0 Å². The minimum Gasteiger partial charge on any atom is -0.377 e. The maximum atomic E-state index is 11.1. The average Bonchev–Trinajstić information content (AvgIpc) is 2.64. The molecule has 6 nitrogen and oxygen atoms in total. The molecule has 25 heavy (non-hydrogen) atoms. The van der Waals surface area contributed by atoms with Crippen LogP contribution in [0.15, 0.2) is 48.5 Å². The molecule has 0 atom stereocenters. The fraction of sp³-hybridized carbons (Fsp3) is 0.316. The van der Waals surface area contributed by atoms with E-state index < -0.39 is 0 Å². The van der Waals surface area contributed by atoms with Crippen molar-refractivity contribution in [3.63, 3.8) is 0 Å². The number of anilines is 1. The third kappa shape index (κ3) is 4.14. The zero-order chi connectivity index (χ0) is 17.6. The molecular formula is C19H20N4O2. The van der Waals surface area contributed by atoms with Gasteiger partial charge in [0, 0.05) is 31.7 Å². The number of piperidine rings is 1. The summed E-state index contributed by atoms with van der Waals surface area (Å²) in [6, 6.07) is 16.9. The molecule has 0 aromatic heterocycles. The zero-order valence-electron chi connectivity index (χ0n) is 13.9. The summed E-state index contributed by atoms with van der Waals surface area (Å²) in [6.07, 6.45) is 1.83. The normalized spacial score (nSPS) is 15.5. The van der Waals surface area contributed by atoms with Crippen molar-refractivity contribution in [1.29, 1.82) is 5.26 Å². The highest BCUT2D eigenvalue weighted by Gasteiger charge is 2.22. The predicted molar refractivity (Wildman–Crippen MR) is 96.2 cm³/mol. The van der Waals surface area contributed by atoms with E-state index in [0.29, 0.717) is 5.69 Å². The molecule has 1 fully saturated rings. The molecule has 1 saturated heterocycles. The van der Waals surface area contributed by atoms with Gasteiger partial charge in [0.1, 0.15) is 5.69 Å². The summed E-state index contributed by atoms with van der Waals surface area (Å²) in [4.78, 5) is 13.1. The molecule has 0 spiro atoms. The molecule has 0 saturated carbocycles. The van der Waals surface area contributed by atoms with Crippen LogP contribution in [0, 0.1) is 21.4 Å². The van der Waals surface area contributed by atoms with Crippen molar-refractivity contribution in [3.05, 3.63) is 69.8 Å². The van der Waals surface area contributed by atoms with E-state index in [4.69, 9.17) is 0 Å². The van der Waals surface area contributed by atoms with Crippen LogP contribution in [0.3, 0.4) is 0 Å². The quantitative estimate of drug-likeness (QED) is 0.667. The second-order valence-corrected chi connectivity index (χ2v) is 6.24. The topological polar surface area (TPSA) is 82.2 Å². The van der Waals surface area contributed by atoms with Gasteiger partial charge in [0.05, 0.1) is 16.6 Å². The fourth-order valence-electron chi connectivity index (χ4n) is 3.22. The molecule has 1 aliphatic rings. The van der Waals surface area contributed by atoms with Crippen LogP contribution in [0.5, 0.6) is 0 Å². The summed E-state index contributed by atoms with van der Waals surface area (Å²) in [7, 11) is 0. The molecule has 0 radical (unpaired) electrons. The third-order valence-corrected chi connectivity index (χ3v) is 4.58. The van der Waals surface area contributed by atoms with Crippen molar-refractivity contribution in [1.82, 2.24) is 4.90 Å². The van der Waals surface area contributed by atoms with E-state index in [1.165, 1.54) is 6.07 Å². The van der Waals surface area contributed by atoms with Gasteiger partial charge in [-0.1, -0.05) is 30.3 Å². The molecule has 0 unspecified atom stereocenters. The molecule has 0 bridgehead atoms. The number of nitro groups is 1. The minimum atomic E-state index is -0.351. The molecule has 0 aliphatic carbocycles. The van der Waals surface area contributed by atoms with E-state index >= 15 is 0 Å². The molecule has 3 rings (SSSR count). The summed E-state index contributed by atoms with van der Waals surface area (Å²) in [5.74, 6) is 0. The number of hydrogen-bond acceptors (Lipinski definition) is 5. The highest BCUT2D eigenvalue weighted by Crippen LogP contribution is 2.26. The number of nitrogens with zero attached hydrogens (tertiary/aromatic N) is 3. The van der Waals surface area contributed by atoms with Crippen molar-refractivity contribution in [2.45, 2.75) is 25.4 Å². The van der Waals surface area contributed by atoms with Crippen LogP contribution in [0.1, 0.15) is 24.0 Å². The molecule has 0 amide bonds. The Labute approximate surface area is 146 Å². The van der Waals surface area contributed by atoms with Crippen molar-refractivity contribution in [2.24, 2.45) is 0 Å². The SMILES string of the molecule is N#Cc1ccccc1CN1CCC(Nc2ccccc2[N+](=O)[O-])CC1. The summed E-state index contributed by atoms with van der Waals surface area (Å²) in [5.41, 5.74) is 2.48. The van der Waals surface area contributed by atoms with Gasteiger partial charge in [0.25, 0.3) is 5.69 Å². The van der Waals surface area contributed by atoms with E-state index in [1.54, 1.807) is 12.1 Å². The number of nitriles is 1. The van der Waals surface area contributed by atoms with Gasteiger partial charge in [0.2, 0.25) is 0 Å². The Bertz CT molecular complexity index is 792. The lowest BCUT2D eigenvalue weighted by atomic mass is 10.0. The molecule has 1 heterocycles. The Hall–Kier alpha value is -2.91. The van der Waals surface area contributed by atoms with Crippen LogP contribution >= 0.6 is 0 Å². The highest BCUT2D eigenvalue weighted by molar-refractivity contribution is 5.61. The number of likely N-dealkylation sites (tertiary alicyclic amines) is 1. The van der Waals surface area contributed by atoms with E-state index in [9.17, 15) is 15.4 Å². The lowest BCUT2D eigenvalue weighted by Crippen LogP contribution is -2.38. The lowest BCUT2D eigenvalue weighted by Gasteiger charge is -2.32. The van der Waals surface area contributed by atoms with Gasteiger partial charge in [-0.3, -0.25) is 15.0 Å². The lowest BCUT2D eigenvalue weighted by molar-refractivity contribution is -0.384. The number of nitrogens with one attached hydrogen (secondary N) is 1. The van der Waals surface area contributed by atoms with Crippen LogP contribution in [0.4, 0.5) is 11.4 Å².